The van der Waals surface area contributed by atoms with Gasteiger partial charge in [-0.15, -0.1) is 0 Å². The van der Waals surface area contributed by atoms with Crippen LogP contribution in [-0.4, -0.2) is 54.4 Å². The molecule has 0 bridgehead atoms. The topological polar surface area (TPSA) is 61.9 Å². The summed E-state index contributed by atoms with van der Waals surface area (Å²) >= 11 is 0. The normalized spacial score (nSPS) is 28.2. The lowest BCUT2D eigenvalue weighted by atomic mass is 10.2. The second-order valence-electron chi connectivity index (χ2n) is 3.81. The van der Waals surface area contributed by atoms with Crippen molar-refractivity contribution in [2.45, 2.75) is 18.9 Å². The number of carbonyl (C=O) groups excluding carboxylic acids is 1. The van der Waals surface area contributed by atoms with Gasteiger partial charge in [-0.2, -0.15) is 0 Å². The highest BCUT2D eigenvalue weighted by Crippen LogP contribution is 2.22. The first-order valence-electron chi connectivity index (χ1n) is 4.99. The number of nitrogens with zero attached hydrogens (tertiary/aromatic N) is 3. The van der Waals surface area contributed by atoms with Crippen LogP contribution in [0.1, 0.15) is 12.8 Å². The summed E-state index contributed by atoms with van der Waals surface area (Å²) in [6.07, 6.45) is 1.66. The number of fused-ring (bicyclic) bond motifs is 1. The first-order valence-corrected chi connectivity index (χ1v) is 4.99. The van der Waals surface area contributed by atoms with Gasteiger partial charge in [-0.1, -0.05) is 0 Å². The van der Waals surface area contributed by atoms with Gasteiger partial charge < -0.3 is 15.5 Å². The standard InChI is InChI=1S/C9H16N4O/c1-11-9(10)12-4-5-13-7(6-12)2-3-8(13)14/h7H,2-6H2,1H3,(H2,10,11). The minimum Gasteiger partial charge on any atom is -0.370 e. The Morgan fingerprint density at radius 2 is 2.36 bits per heavy atom. The molecule has 0 aromatic carbocycles. The van der Waals surface area contributed by atoms with Gasteiger partial charge in [0.25, 0.3) is 0 Å². The number of nitrogens with two attached hydrogens (primary N) is 1. The summed E-state index contributed by atoms with van der Waals surface area (Å²) in [4.78, 5) is 19.4. The highest BCUT2D eigenvalue weighted by atomic mass is 16.2. The molecular weight excluding hydrogens is 180 g/mol. The summed E-state index contributed by atoms with van der Waals surface area (Å²) in [7, 11) is 1.70. The van der Waals surface area contributed by atoms with Gasteiger partial charge in [-0.05, 0) is 6.42 Å². The zero-order chi connectivity index (χ0) is 10.1. The number of rotatable bonds is 0. The molecule has 0 aromatic heterocycles. The second-order valence-corrected chi connectivity index (χ2v) is 3.81. The van der Waals surface area contributed by atoms with Crippen molar-refractivity contribution in [3.05, 3.63) is 0 Å². The largest absolute Gasteiger partial charge is 0.370 e. The van der Waals surface area contributed by atoms with Crippen molar-refractivity contribution in [2.24, 2.45) is 10.7 Å². The quantitative estimate of drug-likeness (QED) is 0.409. The van der Waals surface area contributed by atoms with Crippen LogP contribution < -0.4 is 5.73 Å². The monoisotopic (exact) mass is 196 g/mol. The lowest BCUT2D eigenvalue weighted by Gasteiger charge is -2.37. The maximum absolute atomic E-state index is 11.4. The van der Waals surface area contributed by atoms with Gasteiger partial charge in [0.2, 0.25) is 5.91 Å². The van der Waals surface area contributed by atoms with Crippen LogP contribution in [0.4, 0.5) is 0 Å². The Morgan fingerprint density at radius 1 is 1.57 bits per heavy atom. The van der Waals surface area contributed by atoms with Crippen molar-refractivity contribution in [1.82, 2.24) is 9.80 Å². The molecule has 0 saturated carbocycles. The molecule has 2 fully saturated rings. The van der Waals surface area contributed by atoms with Crippen LogP contribution in [0.2, 0.25) is 0 Å². The second kappa shape index (κ2) is 3.48. The lowest BCUT2D eigenvalue weighted by Crippen LogP contribution is -2.54. The van der Waals surface area contributed by atoms with Crippen LogP contribution in [0, 0.1) is 0 Å². The van der Waals surface area contributed by atoms with Gasteiger partial charge in [0.1, 0.15) is 0 Å². The molecule has 2 aliphatic heterocycles. The third kappa shape index (κ3) is 1.42. The van der Waals surface area contributed by atoms with Crippen molar-refractivity contribution < 1.29 is 4.79 Å². The number of aliphatic imine (C=N–C) groups is 1. The minimum atomic E-state index is 0.293. The van der Waals surface area contributed by atoms with E-state index in [2.05, 4.69) is 9.89 Å². The summed E-state index contributed by atoms with van der Waals surface area (Å²) in [5.41, 5.74) is 5.74. The average Bonchev–Trinajstić information content (AvgIpc) is 2.59. The summed E-state index contributed by atoms with van der Waals surface area (Å²) in [5, 5.41) is 0. The lowest BCUT2D eigenvalue weighted by molar-refractivity contribution is -0.130. The smallest absolute Gasteiger partial charge is 0.223 e. The van der Waals surface area contributed by atoms with Crippen molar-refractivity contribution >= 4 is 11.9 Å². The maximum Gasteiger partial charge on any atom is 0.223 e. The maximum atomic E-state index is 11.4. The molecule has 2 N–H and O–H groups in total. The molecule has 5 heteroatoms. The average molecular weight is 196 g/mol. The fraction of sp³-hybridized carbons (Fsp3) is 0.778. The van der Waals surface area contributed by atoms with Gasteiger partial charge in [0.05, 0.1) is 0 Å². The molecule has 1 atom stereocenters. The highest BCUT2D eigenvalue weighted by Gasteiger charge is 2.35. The molecule has 2 saturated heterocycles. The number of guanidine groups is 1. The van der Waals surface area contributed by atoms with Crippen LogP contribution in [0.25, 0.3) is 0 Å². The van der Waals surface area contributed by atoms with Crippen LogP contribution in [0.3, 0.4) is 0 Å². The third-order valence-corrected chi connectivity index (χ3v) is 3.05. The van der Waals surface area contributed by atoms with Gasteiger partial charge in [0, 0.05) is 39.1 Å². The fourth-order valence-corrected chi connectivity index (χ4v) is 2.21. The van der Waals surface area contributed by atoms with E-state index in [4.69, 9.17) is 5.73 Å². The number of piperazine rings is 1. The van der Waals surface area contributed by atoms with Crippen LogP contribution in [0.15, 0.2) is 4.99 Å². The van der Waals surface area contributed by atoms with E-state index >= 15 is 0 Å². The van der Waals surface area contributed by atoms with E-state index in [0.717, 1.165) is 26.1 Å². The van der Waals surface area contributed by atoms with Gasteiger partial charge in [0.15, 0.2) is 5.96 Å². The molecule has 0 aliphatic carbocycles. The predicted octanol–water partition coefficient (Wildman–Crippen LogP) is -0.762. The Bertz CT molecular complexity index is 276. The molecular formula is C9H16N4O. The first-order chi connectivity index (χ1) is 6.72. The van der Waals surface area contributed by atoms with Gasteiger partial charge in [-0.3, -0.25) is 9.79 Å². The Kier molecular flexibility index (Phi) is 2.31. The number of hydrogen-bond acceptors (Lipinski definition) is 2. The molecule has 14 heavy (non-hydrogen) atoms. The minimum absolute atomic E-state index is 0.293. The molecule has 1 amide bonds. The molecule has 2 rings (SSSR count). The SMILES string of the molecule is CN=C(N)N1CCN2C(=O)CCC2C1. The molecule has 1 unspecified atom stereocenters. The van der Waals surface area contributed by atoms with Crippen molar-refractivity contribution in [2.75, 3.05) is 26.7 Å². The zero-order valence-electron chi connectivity index (χ0n) is 8.44. The van der Waals surface area contributed by atoms with Crippen molar-refractivity contribution in [3.63, 3.8) is 0 Å². The predicted molar refractivity (Wildman–Crippen MR) is 53.9 cm³/mol. The summed E-state index contributed by atoms with van der Waals surface area (Å²) in [6.45, 7) is 2.44. The zero-order valence-corrected chi connectivity index (χ0v) is 8.44. The Morgan fingerprint density at radius 3 is 3.07 bits per heavy atom. The van der Waals surface area contributed by atoms with E-state index in [0.29, 0.717) is 24.3 Å². The summed E-state index contributed by atoms with van der Waals surface area (Å²) in [6, 6.07) is 0.358. The van der Waals surface area contributed by atoms with Crippen molar-refractivity contribution in [1.29, 1.82) is 0 Å². The van der Waals surface area contributed by atoms with Crippen LogP contribution >= 0.6 is 0 Å². The molecule has 0 radical (unpaired) electrons. The Balaban J connectivity index is 2.02. The molecule has 2 aliphatic rings. The fourth-order valence-electron chi connectivity index (χ4n) is 2.21. The van der Waals surface area contributed by atoms with E-state index in [1.165, 1.54) is 0 Å². The van der Waals surface area contributed by atoms with Crippen LogP contribution in [-0.2, 0) is 4.79 Å². The van der Waals surface area contributed by atoms with Crippen molar-refractivity contribution in [3.8, 4) is 0 Å². The Hall–Kier alpha value is -1.26. The Labute approximate surface area is 83.6 Å². The van der Waals surface area contributed by atoms with E-state index in [1.807, 2.05) is 4.90 Å². The van der Waals surface area contributed by atoms with Gasteiger partial charge >= 0.3 is 0 Å². The van der Waals surface area contributed by atoms with Crippen LogP contribution in [0.5, 0.6) is 0 Å². The number of hydrogen-bond donors (Lipinski definition) is 1. The molecule has 78 valence electrons. The molecule has 2 heterocycles. The van der Waals surface area contributed by atoms with Gasteiger partial charge in [-0.25, -0.2) is 0 Å². The van der Waals surface area contributed by atoms with E-state index in [9.17, 15) is 4.79 Å². The summed E-state index contributed by atoms with van der Waals surface area (Å²) in [5.74, 6) is 0.880. The first kappa shape index (κ1) is 9.30. The highest BCUT2D eigenvalue weighted by molar-refractivity contribution is 5.81. The number of carbonyl (C=O) groups is 1. The molecule has 0 aromatic rings. The molecule has 0 spiro atoms. The van der Waals surface area contributed by atoms with E-state index in [-0.39, 0.29) is 0 Å². The number of amides is 1. The third-order valence-electron chi connectivity index (χ3n) is 3.05. The molecule has 5 nitrogen and oxygen atoms in total. The van der Waals surface area contributed by atoms with E-state index in [1.54, 1.807) is 7.05 Å². The summed E-state index contributed by atoms with van der Waals surface area (Å²) < 4.78 is 0. The van der Waals surface area contributed by atoms with E-state index < -0.39 is 0 Å².